The van der Waals surface area contributed by atoms with Gasteiger partial charge in [0.2, 0.25) is 0 Å². The first-order valence-corrected chi connectivity index (χ1v) is 18.9. The van der Waals surface area contributed by atoms with Gasteiger partial charge in [-0.05, 0) is 51.9 Å². The van der Waals surface area contributed by atoms with Crippen LogP contribution in [0.2, 0.25) is 0 Å². The highest BCUT2D eigenvalue weighted by Gasteiger charge is 2.70. The molecule has 0 heterocycles. The summed E-state index contributed by atoms with van der Waals surface area (Å²) >= 11 is 0. The molecule has 0 spiro atoms. The molecule has 0 aliphatic heterocycles. The monoisotopic (exact) mass is 666 g/mol. The lowest BCUT2D eigenvalue weighted by Gasteiger charge is -2.68. The molecule has 0 radical (unpaired) electrons. The summed E-state index contributed by atoms with van der Waals surface area (Å²) in [6.45, 7) is 2.62. The quantitative estimate of drug-likeness (QED) is 0.114. The Labute approximate surface area is 289 Å². The van der Waals surface area contributed by atoms with E-state index in [2.05, 4.69) is 217 Å². The third-order valence-electron chi connectivity index (χ3n) is 11.1. The van der Waals surface area contributed by atoms with Crippen molar-refractivity contribution >= 4 is 27.7 Å². The van der Waals surface area contributed by atoms with Crippen LogP contribution < -0.4 is 0 Å². The highest BCUT2D eigenvalue weighted by molar-refractivity contribution is 7.17. The Morgan fingerprint density at radius 3 is 0.574 bits per heavy atom. The topological polar surface area (TPSA) is 0 Å². The number of rotatable bonds is 12. The molecule has 0 amide bonds. The molecule has 0 aliphatic rings. The van der Waals surface area contributed by atoms with Crippen LogP contribution in [0.25, 0.3) is 0 Å². The Morgan fingerprint density at radius 2 is 0.447 bits per heavy atom. The Morgan fingerprint density at radius 1 is 0.298 bits per heavy atom. The molecule has 0 bridgehead atoms. The van der Waals surface area contributed by atoms with Gasteiger partial charge in [0.25, 0.3) is 0 Å². The lowest BCUT2D eigenvalue weighted by Crippen LogP contribution is -2.69. The molecule has 6 aromatic carbocycles. The molecule has 6 aromatic rings. The van der Waals surface area contributed by atoms with E-state index in [1.54, 1.807) is 0 Å². The molecule has 47 heavy (non-hydrogen) atoms. The standard InChI is InChI=1S/C44H45P3/c1-41(42(32-45,35-20-8-2-9-21-35)36-22-10-3-11-23-36,43(33-46,37-24-12-4-13-25-37)38-26-14-5-15-27-38)44(34-47,39-28-16-6-17-29-39)40-30-18-7-19-31-40/h2-31H,32-34,45-47H2,1H3. The molecule has 0 saturated heterocycles. The maximum absolute atomic E-state index is 3.25. The maximum Gasteiger partial charge on any atom is 0.0314 e. The summed E-state index contributed by atoms with van der Waals surface area (Å²) in [6, 6.07) is 67.8. The molecular weight excluding hydrogens is 621 g/mol. The zero-order valence-electron chi connectivity index (χ0n) is 27.2. The van der Waals surface area contributed by atoms with Crippen LogP contribution >= 0.6 is 27.7 Å². The largest absolute Gasteiger partial charge is 0.136 e. The molecule has 236 valence electrons. The van der Waals surface area contributed by atoms with Crippen molar-refractivity contribution in [3.05, 3.63) is 215 Å². The summed E-state index contributed by atoms with van der Waals surface area (Å²) in [7, 11) is 9.75. The maximum atomic E-state index is 3.25. The number of benzene rings is 6. The van der Waals surface area contributed by atoms with Gasteiger partial charge in [0.15, 0.2) is 0 Å². The van der Waals surface area contributed by atoms with Gasteiger partial charge >= 0.3 is 0 Å². The first kappa shape index (κ1) is 33.5. The molecule has 0 nitrogen and oxygen atoms in total. The number of hydrogen-bond donors (Lipinski definition) is 0. The van der Waals surface area contributed by atoms with Gasteiger partial charge in [-0.25, -0.2) is 0 Å². The van der Waals surface area contributed by atoms with Crippen LogP contribution in [-0.2, 0) is 16.2 Å². The predicted molar refractivity (Wildman–Crippen MR) is 213 cm³/mol. The Kier molecular flexibility index (Phi) is 10.3. The average Bonchev–Trinajstić information content (AvgIpc) is 3.16. The molecular formula is C44H45P3. The summed E-state index contributed by atoms with van der Waals surface area (Å²) in [6.07, 6.45) is 2.45. The Hall–Kier alpha value is -3.39. The van der Waals surface area contributed by atoms with Crippen molar-refractivity contribution in [3.8, 4) is 0 Å². The zero-order valence-corrected chi connectivity index (χ0v) is 30.6. The molecule has 0 N–H and O–H groups in total. The second kappa shape index (κ2) is 14.4. The fourth-order valence-electron chi connectivity index (χ4n) is 8.98. The third-order valence-corrected chi connectivity index (χ3v) is 12.9. The summed E-state index contributed by atoms with van der Waals surface area (Å²) in [5.41, 5.74) is 5.84. The molecule has 0 aliphatic carbocycles. The van der Waals surface area contributed by atoms with Crippen molar-refractivity contribution in [1.82, 2.24) is 0 Å². The minimum absolute atomic E-state index is 0.495. The van der Waals surface area contributed by atoms with E-state index >= 15 is 0 Å². The predicted octanol–water partition coefficient (Wildman–Crippen LogP) is 10.6. The molecule has 0 aromatic heterocycles. The molecule has 3 atom stereocenters. The lowest BCUT2D eigenvalue weighted by molar-refractivity contribution is 0.0320. The van der Waals surface area contributed by atoms with Crippen molar-refractivity contribution in [2.75, 3.05) is 18.5 Å². The van der Waals surface area contributed by atoms with Gasteiger partial charge in [0.1, 0.15) is 0 Å². The van der Waals surface area contributed by atoms with Crippen molar-refractivity contribution in [2.45, 2.75) is 23.2 Å². The van der Waals surface area contributed by atoms with Gasteiger partial charge < -0.3 is 0 Å². The minimum atomic E-state index is -0.549. The van der Waals surface area contributed by atoms with Crippen molar-refractivity contribution in [3.63, 3.8) is 0 Å². The third kappa shape index (κ3) is 5.17. The van der Waals surface area contributed by atoms with Crippen molar-refractivity contribution < 1.29 is 0 Å². The van der Waals surface area contributed by atoms with E-state index in [0.717, 1.165) is 18.5 Å². The van der Waals surface area contributed by atoms with Crippen LogP contribution in [0.3, 0.4) is 0 Å². The van der Waals surface area contributed by atoms with E-state index in [-0.39, 0.29) is 0 Å². The van der Waals surface area contributed by atoms with Gasteiger partial charge in [-0.1, -0.05) is 189 Å². The number of hydrogen-bond acceptors (Lipinski definition) is 0. The van der Waals surface area contributed by atoms with Gasteiger partial charge in [-0.15, -0.1) is 27.7 Å². The fourth-order valence-corrected chi connectivity index (χ4v) is 11.6. The van der Waals surface area contributed by atoms with Crippen LogP contribution in [0.5, 0.6) is 0 Å². The summed E-state index contributed by atoms with van der Waals surface area (Å²) in [5.74, 6) is 0. The van der Waals surface area contributed by atoms with E-state index < -0.39 is 21.7 Å². The highest BCUT2D eigenvalue weighted by atomic mass is 31.0. The smallest absolute Gasteiger partial charge is 0.0314 e. The first-order valence-electron chi connectivity index (χ1n) is 16.5. The van der Waals surface area contributed by atoms with E-state index in [1.807, 2.05) is 0 Å². The Bertz CT molecular complexity index is 1490. The van der Waals surface area contributed by atoms with Crippen molar-refractivity contribution in [2.24, 2.45) is 5.41 Å². The van der Waals surface area contributed by atoms with Crippen molar-refractivity contribution in [1.29, 1.82) is 0 Å². The molecule has 0 fully saturated rings. The normalized spacial score (nSPS) is 12.5. The summed E-state index contributed by atoms with van der Waals surface area (Å²) < 4.78 is 0. The van der Waals surface area contributed by atoms with Crippen LogP contribution in [0.15, 0.2) is 182 Å². The SMILES string of the molecule is CC(C(CP)(c1ccccc1)c1ccccc1)(C(CP)(c1ccccc1)c1ccccc1)C(CP)(c1ccccc1)c1ccccc1. The molecule has 6 rings (SSSR count). The van der Waals surface area contributed by atoms with Gasteiger partial charge in [0.05, 0.1) is 0 Å². The van der Waals surface area contributed by atoms with E-state index in [0.29, 0.717) is 0 Å². The van der Waals surface area contributed by atoms with E-state index in [9.17, 15) is 0 Å². The average molecular weight is 667 g/mol. The van der Waals surface area contributed by atoms with Crippen LogP contribution in [0, 0.1) is 5.41 Å². The van der Waals surface area contributed by atoms with Gasteiger partial charge in [-0.3, -0.25) is 0 Å². The molecule has 3 heteroatoms. The summed E-state index contributed by atoms with van der Waals surface area (Å²) in [5, 5.41) is 0. The van der Waals surface area contributed by atoms with E-state index in [1.165, 1.54) is 33.4 Å². The molecule has 3 unspecified atom stereocenters. The Balaban J connectivity index is 1.97. The highest BCUT2D eigenvalue weighted by Crippen LogP contribution is 2.70. The van der Waals surface area contributed by atoms with Crippen LogP contribution in [-0.4, -0.2) is 18.5 Å². The van der Waals surface area contributed by atoms with Crippen LogP contribution in [0.1, 0.15) is 40.3 Å². The van der Waals surface area contributed by atoms with Gasteiger partial charge in [-0.2, -0.15) is 0 Å². The zero-order chi connectivity index (χ0) is 32.8. The van der Waals surface area contributed by atoms with Crippen LogP contribution in [0.4, 0.5) is 0 Å². The second-order valence-electron chi connectivity index (χ2n) is 12.6. The van der Waals surface area contributed by atoms with Gasteiger partial charge in [0, 0.05) is 21.7 Å². The molecule has 0 saturated carbocycles. The lowest BCUT2D eigenvalue weighted by atomic mass is 9.36. The second-order valence-corrected chi connectivity index (χ2v) is 13.9. The minimum Gasteiger partial charge on any atom is -0.136 e. The van der Waals surface area contributed by atoms with E-state index in [4.69, 9.17) is 0 Å². The fraction of sp³-hybridized carbons (Fsp3) is 0.182. The summed E-state index contributed by atoms with van der Waals surface area (Å²) in [4.78, 5) is 0. The first-order chi connectivity index (χ1) is 23.1.